The standard InChI is InChI=1S/C16H17N5O2S/c22-14(10-20-11-17-15-13(16(20)23)4-8-24-15)19-6-1-3-12(9-19)21-7-2-5-18-21/h2,4-5,7-8,11-12H,1,3,6,9-10H2/t12-/m1/s1. The fourth-order valence-corrected chi connectivity index (χ4v) is 3.87. The lowest BCUT2D eigenvalue weighted by Crippen LogP contribution is -2.43. The summed E-state index contributed by atoms with van der Waals surface area (Å²) in [6.45, 7) is 1.38. The number of aromatic nitrogens is 4. The third kappa shape index (κ3) is 2.73. The van der Waals surface area contributed by atoms with Gasteiger partial charge in [-0.05, 0) is 30.4 Å². The maximum Gasteiger partial charge on any atom is 0.262 e. The van der Waals surface area contributed by atoms with Crippen LogP contribution in [-0.2, 0) is 11.3 Å². The molecule has 7 nitrogen and oxygen atoms in total. The first-order valence-corrected chi connectivity index (χ1v) is 8.80. The second-order valence-corrected chi connectivity index (χ2v) is 6.83. The molecule has 0 aromatic carbocycles. The first-order chi connectivity index (χ1) is 11.7. The molecule has 0 bridgehead atoms. The van der Waals surface area contributed by atoms with Crippen molar-refractivity contribution in [2.45, 2.75) is 25.4 Å². The van der Waals surface area contributed by atoms with E-state index in [0.717, 1.165) is 19.4 Å². The average molecular weight is 343 g/mol. The van der Waals surface area contributed by atoms with Crippen LogP contribution in [0.5, 0.6) is 0 Å². The van der Waals surface area contributed by atoms with Crippen molar-refractivity contribution in [1.29, 1.82) is 0 Å². The van der Waals surface area contributed by atoms with Gasteiger partial charge in [-0.1, -0.05) is 0 Å². The summed E-state index contributed by atoms with van der Waals surface area (Å²) in [4.78, 5) is 31.8. The Hall–Kier alpha value is -2.48. The molecule has 0 saturated carbocycles. The highest BCUT2D eigenvalue weighted by Gasteiger charge is 2.25. The predicted octanol–water partition coefficient (Wildman–Crippen LogP) is 1.52. The molecule has 0 N–H and O–H groups in total. The molecule has 1 saturated heterocycles. The van der Waals surface area contributed by atoms with Gasteiger partial charge in [0.15, 0.2) is 0 Å². The van der Waals surface area contributed by atoms with Crippen LogP contribution in [0.4, 0.5) is 0 Å². The van der Waals surface area contributed by atoms with E-state index in [1.54, 1.807) is 12.3 Å². The van der Waals surface area contributed by atoms with Crippen LogP contribution in [0.15, 0.2) is 41.0 Å². The molecule has 24 heavy (non-hydrogen) atoms. The van der Waals surface area contributed by atoms with Crippen LogP contribution < -0.4 is 5.56 Å². The topological polar surface area (TPSA) is 73.0 Å². The number of rotatable bonds is 3. The Morgan fingerprint density at radius 2 is 2.33 bits per heavy atom. The van der Waals surface area contributed by atoms with Gasteiger partial charge in [0.1, 0.15) is 11.4 Å². The van der Waals surface area contributed by atoms with Crippen LogP contribution in [0.25, 0.3) is 10.2 Å². The normalized spacial score (nSPS) is 18.2. The zero-order valence-corrected chi connectivity index (χ0v) is 13.9. The van der Waals surface area contributed by atoms with Crippen LogP contribution in [0.1, 0.15) is 18.9 Å². The maximum absolute atomic E-state index is 12.6. The van der Waals surface area contributed by atoms with E-state index in [0.29, 0.717) is 16.8 Å². The number of hydrogen-bond acceptors (Lipinski definition) is 5. The highest BCUT2D eigenvalue weighted by molar-refractivity contribution is 7.16. The predicted molar refractivity (Wildman–Crippen MR) is 91.0 cm³/mol. The van der Waals surface area contributed by atoms with Gasteiger partial charge in [-0.25, -0.2) is 4.98 Å². The molecule has 0 unspecified atom stereocenters. The van der Waals surface area contributed by atoms with E-state index in [9.17, 15) is 9.59 Å². The Balaban J connectivity index is 1.50. The summed E-state index contributed by atoms with van der Waals surface area (Å²) in [6, 6.07) is 3.85. The van der Waals surface area contributed by atoms with Crippen molar-refractivity contribution in [2.24, 2.45) is 0 Å². The van der Waals surface area contributed by atoms with E-state index in [1.165, 1.54) is 22.2 Å². The van der Waals surface area contributed by atoms with Gasteiger partial charge in [0, 0.05) is 25.5 Å². The smallest absolute Gasteiger partial charge is 0.262 e. The van der Waals surface area contributed by atoms with Crippen molar-refractivity contribution >= 4 is 27.5 Å². The molecule has 3 aromatic rings. The van der Waals surface area contributed by atoms with Gasteiger partial charge in [-0.2, -0.15) is 5.10 Å². The molecule has 0 radical (unpaired) electrons. The Bertz CT molecular complexity index is 914. The quantitative estimate of drug-likeness (QED) is 0.723. The molecule has 1 amide bonds. The SMILES string of the molecule is O=C(Cn1cnc2sccc2c1=O)N1CCC[C@@H](n2cccn2)C1. The lowest BCUT2D eigenvalue weighted by molar-refractivity contribution is -0.133. The second-order valence-electron chi connectivity index (χ2n) is 5.94. The van der Waals surface area contributed by atoms with Crippen molar-refractivity contribution < 1.29 is 4.79 Å². The molecule has 4 rings (SSSR count). The van der Waals surface area contributed by atoms with E-state index in [-0.39, 0.29) is 24.1 Å². The van der Waals surface area contributed by atoms with Gasteiger partial charge in [0.05, 0.1) is 17.8 Å². The van der Waals surface area contributed by atoms with Gasteiger partial charge < -0.3 is 4.90 Å². The molecule has 1 aliphatic heterocycles. The summed E-state index contributed by atoms with van der Waals surface area (Å²) in [5.74, 6) is -0.0506. The highest BCUT2D eigenvalue weighted by Crippen LogP contribution is 2.21. The van der Waals surface area contributed by atoms with Crippen molar-refractivity contribution in [2.75, 3.05) is 13.1 Å². The minimum Gasteiger partial charge on any atom is -0.339 e. The zero-order chi connectivity index (χ0) is 16.5. The summed E-state index contributed by atoms with van der Waals surface area (Å²) in [5.41, 5.74) is -0.157. The molecule has 0 aliphatic carbocycles. The van der Waals surface area contributed by atoms with Crippen molar-refractivity contribution in [3.8, 4) is 0 Å². The van der Waals surface area contributed by atoms with Crippen molar-refractivity contribution in [3.63, 3.8) is 0 Å². The number of carbonyl (C=O) groups excluding carboxylic acids is 1. The maximum atomic E-state index is 12.6. The third-order valence-electron chi connectivity index (χ3n) is 4.40. The molecule has 1 fully saturated rings. The Morgan fingerprint density at radius 1 is 1.42 bits per heavy atom. The van der Waals surface area contributed by atoms with Gasteiger partial charge in [-0.15, -0.1) is 11.3 Å². The summed E-state index contributed by atoms with van der Waals surface area (Å²) < 4.78 is 3.31. The summed E-state index contributed by atoms with van der Waals surface area (Å²) in [5, 5.41) is 6.69. The molecule has 0 spiro atoms. The molecular weight excluding hydrogens is 326 g/mol. The summed E-state index contributed by atoms with van der Waals surface area (Å²) in [7, 11) is 0. The van der Waals surface area contributed by atoms with Gasteiger partial charge in [-0.3, -0.25) is 18.8 Å². The van der Waals surface area contributed by atoms with E-state index in [2.05, 4.69) is 10.1 Å². The number of likely N-dealkylation sites (tertiary alicyclic amines) is 1. The molecular formula is C16H17N5O2S. The average Bonchev–Trinajstić information content (AvgIpc) is 3.29. The summed E-state index contributed by atoms with van der Waals surface area (Å²) in [6.07, 6.45) is 7.09. The number of piperidine rings is 1. The molecule has 8 heteroatoms. The fourth-order valence-electron chi connectivity index (χ4n) is 3.15. The lowest BCUT2D eigenvalue weighted by atomic mass is 10.1. The monoisotopic (exact) mass is 343 g/mol. The van der Waals surface area contributed by atoms with E-state index < -0.39 is 0 Å². The Kier molecular flexibility index (Phi) is 3.89. The van der Waals surface area contributed by atoms with Crippen LogP contribution >= 0.6 is 11.3 Å². The number of carbonyl (C=O) groups is 1. The Labute approximate surface area is 142 Å². The van der Waals surface area contributed by atoms with Crippen LogP contribution in [0.2, 0.25) is 0 Å². The minimum atomic E-state index is -0.157. The van der Waals surface area contributed by atoms with Gasteiger partial charge in [0.25, 0.3) is 5.56 Å². The van der Waals surface area contributed by atoms with Gasteiger partial charge >= 0.3 is 0 Å². The number of thiophene rings is 1. The fraction of sp³-hybridized carbons (Fsp3) is 0.375. The molecule has 124 valence electrons. The van der Waals surface area contributed by atoms with E-state index >= 15 is 0 Å². The second kappa shape index (κ2) is 6.20. The Morgan fingerprint density at radius 3 is 3.17 bits per heavy atom. The molecule has 1 atom stereocenters. The first-order valence-electron chi connectivity index (χ1n) is 7.92. The third-order valence-corrected chi connectivity index (χ3v) is 5.22. The first kappa shape index (κ1) is 15.1. The molecule has 3 aromatic heterocycles. The molecule has 1 aliphatic rings. The number of nitrogens with zero attached hydrogens (tertiary/aromatic N) is 5. The van der Waals surface area contributed by atoms with E-state index in [4.69, 9.17) is 0 Å². The lowest BCUT2D eigenvalue weighted by Gasteiger charge is -2.33. The zero-order valence-electron chi connectivity index (χ0n) is 13.0. The number of fused-ring (bicyclic) bond motifs is 1. The largest absolute Gasteiger partial charge is 0.339 e. The highest BCUT2D eigenvalue weighted by atomic mass is 32.1. The minimum absolute atomic E-state index is 0.0312. The van der Waals surface area contributed by atoms with Crippen LogP contribution in [0, 0.1) is 0 Å². The number of hydrogen-bond donors (Lipinski definition) is 0. The van der Waals surface area contributed by atoms with Gasteiger partial charge in [0.2, 0.25) is 5.91 Å². The van der Waals surface area contributed by atoms with Crippen LogP contribution in [-0.4, -0.2) is 43.2 Å². The van der Waals surface area contributed by atoms with Crippen molar-refractivity contribution in [3.05, 3.63) is 46.6 Å². The van der Waals surface area contributed by atoms with Crippen LogP contribution in [0.3, 0.4) is 0 Å². The van der Waals surface area contributed by atoms with E-state index in [1.807, 2.05) is 27.2 Å². The summed E-state index contributed by atoms with van der Waals surface area (Å²) >= 11 is 1.43. The van der Waals surface area contributed by atoms with Crippen molar-refractivity contribution in [1.82, 2.24) is 24.2 Å². The molecule has 4 heterocycles. The number of amides is 1.